The molecule has 28 heavy (non-hydrogen) atoms. The Labute approximate surface area is 169 Å². The minimum absolute atomic E-state index is 0.0252. The van der Waals surface area contributed by atoms with Crippen LogP contribution < -0.4 is 15.0 Å². The minimum Gasteiger partial charge on any atom is -0.493 e. The lowest BCUT2D eigenvalue weighted by Crippen LogP contribution is -2.56. The summed E-state index contributed by atoms with van der Waals surface area (Å²) in [5, 5.41) is 4.64. The van der Waals surface area contributed by atoms with Crippen LogP contribution in [0.2, 0.25) is 0 Å². The van der Waals surface area contributed by atoms with Crippen molar-refractivity contribution >= 4 is 26.7 Å². The van der Waals surface area contributed by atoms with Gasteiger partial charge in [0.25, 0.3) is 0 Å². The fourth-order valence-corrected chi connectivity index (χ4v) is 5.01. The number of para-hydroxylation sites is 1. The van der Waals surface area contributed by atoms with Crippen molar-refractivity contribution in [3.63, 3.8) is 0 Å². The molecule has 1 N–H and O–H groups in total. The molecule has 1 aliphatic heterocycles. The standard InChI is InChI=1S/C22H26FN3OS/c1-26(21-25-19-9-2-3-10-20(19)28-21)22(11-5-13-24-16-22)12-6-14-27-18-8-4-7-17(23)15-18/h2-4,7-10,15,24H,5-6,11-14,16H2,1H3. The van der Waals surface area contributed by atoms with Crippen LogP contribution in [-0.2, 0) is 0 Å². The number of rotatable bonds is 7. The number of likely N-dealkylation sites (N-methyl/N-ethyl adjacent to an activating group) is 1. The summed E-state index contributed by atoms with van der Waals surface area (Å²) in [4.78, 5) is 7.23. The summed E-state index contributed by atoms with van der Waals surface area (Å²) in [7, 11) is 2.16. The van der Waals surface area contributed by atoms with Gasteiger partial charge in [0.15, 0.2) is 5.13 Å². The Bertz CT molecular complexity index is 890. The SMILES string of the molecule is CN(c1nc2ccccc2s1)C1(CCCOc2cccc(F)c2)CCCNC1. The summed E-state index contributed by atoms with van der Waals surface area (Å²) in [5.74, 6) is 0.330. The molecule has 148 valence electrons. The summed E-state index contributed by atoms with van der Waals surface area (Å²) in [6, 6.07) is 14.6. The van der Waals surface area contributed by atoms with Crippen LogP contribution in [0.5, 0.6) is 5.75 Å². The largest absolute Gasteiger partial charge is 0.493 e. The van der Waals surface area contributed by atoms with Gasteiger partial charge in [-0.1, -0.05) is 29.5 Å². The monoisotopic (exact) mass is 399 g/mol. The molecule has 2 aromatic carbocycles. The molecule has 1 atom stereocenters. The Morgan fingerprint density at radius 3 is 2.93 bits per heavy atom. The van der Waals surface area contributed by atoms with Gasteiger partial charge in [0.2, 0.25) is 0 Å². The molecule has 1 fully saturated rings. The predicted molar refractivity (Wildman–Crippen MR) is 114 cm³/mol. The third-order valence-electron chi connectivity index (χ3n) is 5.58. The molecule has 0 spiro atoms. The number of nitrogens with zero attached hydrogens (tertiary/aromatic N) is 2. The van der Waals surface area contributed by atoms with Crippen molar-refractivity contribution in [2.75, 3.05) is 31.6 Å². The van der Waals surface area contributed by atoms with E-state index in [1.54, 1.807) is 23.5 Å². The maximum absolute atomic E-state index is 13.3. The molecule has 0 radical (unpaired) electrons. The average molecular weight is 400 g/mol. The Morgan fingerprint density at radius 2 is 2.14 bits per heavy atom. The number of hydrogen-bond donors (Lipinski definition) is 1. The Kier molecular flexibility index (Phi) is 5.78. The molecule has 3 aromatic rings. The fourth-order valence-electron chi connectivity index (χ4n) is 3.97. The highest BCUT2D eigenvalue weighted by molar-refractivity contribution is 7.22. The summed E-state index contributed by atoms with van der Waals surface area (Å²) < 4.78 is 20.3. The maximum Gasteiger partial charge on any atom is 0.186 e. The zero-order valence-corrected chi connectivity index (χ0v) is 17.0. The number of nitrogens with one attached hydrogen (secondary N) is 1. The van der Waals surface area contributed by atoms with E-state index in [4.69, 9.17) is 9.72 Å². The summed E-state index contributed by atoms with van der Waals surface area (Å²) in [6.45, 7) is 2.59. The predicted octanol–water partition coefficient (Wildman–Crippen LogP) is 4.85. The van der Waals surface area contributed by atoms with Crippen molar-refractivity contribution in [3.05, 3.63) is 54.3 Å². The third kappa shape index (κ3) is 4.13. The first kappa shape index (κ1) is 19.2. The van der Waals surface area contributed by atoms with Gasteiger partial charge >= 0.3 is 0 Å². The van der Waals surface area contributed by atoms with Crippen LogP contribution in [0.4, 0.5) is 9.52 Å². The molecule has 2 heterocycles. The van der Waals surface area contributed by atoms with Crippen LogP contribution in [0.1, 0.15) is 25.7 Å². The van der Waals surface area contributed by atoms with Gasteiger partial charge in [-0.25, -0.2) is 9.37 Å². The highest BCUT2D eigenvalue weighted by Gasteiger charge is 2.37. The van der Waals surface area contributed by atoms with Gasteiger partial charge in [-0.05, 0) is 56.5 Å². The first-order chi connectivity index (χ1) is 13.7. The van der Waals surface area contributed by atoms with Crippen molar-refractivity contribution in [1.82, 2.24) is 10.3 Å². The number of piperidine rings is 1. The number of aromatic nitrogens is 1. The van der Waals surface area contributed by atoms with Gasteiger partial charge in [0.05, 0.1) is 22.4 Å². The Morgan fingerprint density at radius 1 is 1.25 bits per heavy atom. The van der Waals surface area contributed by atoms with Crippen molar-refractivity contribution in [2.45, 2.75) is 31.2 Å². The van der Waals surface area contributed by atoms with E-state index in [1.807, 2.05) is 6.07 Å². The molecule has 1 aromatic heterocycles. The van der Waals surface area contributed by atoms with Crippen LogP contribution in [0, 0.1) is 5.82 Å². The Balaban J connectivity index is 1.44. The first-order valence-corrected chi connectivity index (χ1v) is 10.7. The molecule has 1 unspecified atom stereocenters. The average Bonchev–Trinajstić information content (AvgIpc) is 3.16. The number of anilines is 1. The van der Waals surface area contributed by atoms with E-state index in [1.165, 1.54) is 16.8 Å². The summed E-state index contributed by atoms with van der Waals surface area (Å²) >= 11 is 1.75. The number of fused-ring (bicyclic) bond motifs is 1. The molecule has 1 saturated heterocycles. The second-order valence-corrected chi connectivity index (χ2v) is 8.45. The molecule has 0 amide bonds. The van der Waals surface area contributed by atoms with E-state index in [0.717, 1.165) is 49.4 Å². The van der Waals surface area contributed by atoms with E-state index >= 15 is 0 Å². The molecule has 0 bridgehead atoms. The van der Waals surface area contributed by atoms with E-state index in [9.17, 15) is 4.39 Å². The van der Waals surface area contributed by atoms with Gasteiger partial charge in [-0.2, -0.15) is 0 Å². The molecule has 1 aliphatic rings. The van der Waals surface area contributed by atoms with Crippen molar-refractivity contribution < 1.29 is 9.13 Å². The molecule has 0 saturated carbocycles. The quantitative estimate of drug-likeness (QED) is 0.576. The van der Waals surface area contributed by atoms with Crippen LogP contribution in [-0.4, -0.2) is 37.3 Å². The second-order valence-electron chi connectivity index (χ2n) is 7.44. The number of hydrogen-bond acceptors (Lipinski definition) is 5. The number of thiazole rings is 1. The summed E-state index contributed by atoms with van der Waals surface area (Å²) in [5.41, 5.74) is 1.08. The molecule has 4 rings (SSSR count). The van der Waals surface area contributed by atoms with Gasteiger partial charge in [-0.3, -0.25) is 0 Å². The van der Waals surface area contributed by atoms with Crippen molar-refractivity contribution in [2.24, 2.45) is 0 Å². The van der Waals surface area contributed by atoms with E-state index in [2.05, 4.69) is 35.5 Å². The molecule has 0 aliphatic carbocycles. The van der Waals surface area contributed by atoms with E-state index in [-0.39, 0.29) is 11.4 Å². The zero-order chi connectivity index (χ0) is 19.4. The lowest BCUT2D eigenvalue weighted by Gasteiger charge is -2.45. The topological polar surface area (TPSA) is 37.4 Å². The van der Waals surface area contributed by atoms with Crippen molar-refractivity contribution in [3.8, 4) is 5.75 Å². The summed E-state index contributed by atoms with van der Waals surface area (Å²) in [6.07, 6.45) is 4.20. The fraction of sp³-hybridized carbons (Fsp3) is 0.409. The highest BCUT2D eigenvalue weighted by Crippen LogP contribution is 2.36. The van der Waals surface area contributed by atoms with Crippen LogP contribution in [0.3, 0.4) is 0 Å². The minimum atomic E-state index is -0.263. The van der Waals surface area contributed by atoms with Gasteiger partial charge < -0.3 is 15.0 Å². The van der Waals surface area contributed by atoms with Crippen LogP contribution in [0.15, 0.2) is 48.5 Å². The maximum atomic E-state index is 13.3. The van der Waals surface area contributed by atoms with Crippen molar-refractivity contribution in [1.29, 1.82) is 0 Å². The lowest BCUT2D eigenvalue weighted by atomic mass is 9.84. The normalized spacial score (nSPS) is 19.6. The van der Waals surface area contributed by atoms with Gasteiger partial charge in [-0.15, -0.1) is 0 Å². The smallest absolute Gasteiger partial charge is 0.186 e. The zero-order valence-electron chi connectivity index (χ0n) is 16.2. The van der Waals surface area contributed by atoms with E-state index < -0.39 is 0 Å². The third-order valence-corrected chi connectivity index (χ3v) is 6.69. The Hall–Kier alpha value is -2.18. The molecule has 6 heteroatoms. The number of ether oxygens (including phenoxy) is 1. The van der Waals surface area contributed by atoms with Gasteiger partial charge in [0.1, 0.15) is 11.6 Å². The van der Waals surface area contributed by atoms with Crippen LogP contribution >= 0.6 is 11.3 Å². The molecular weight excluding hydrogens is 373 g/mol. The second kappa shape index (κ2) is 8.45. The number of benzene rings is 2. The first-order valence-electron chi connectivity index (χ1n) is 9.85. The highest BCUT2D eigenvalue weighted by atomic mass is 32.1. The lowest BCUT2D eigenvalue weighted by molar-refractivity contribution is 0.242. The van der Waals surface area contributed by atoms with Gasteiger partial charge in [0, 0.05) is 19.7 Å². The van der Waals surface area contributed by atoms with E-state index in [0.29, 0.717) is 12.4 Å². The van der Waals surface area contributed by atoms with Crippen LogP contribution in [0.25, 0.3) is 10.2 Å². The number of halogens is 1. The molecule has 4 nitrogen and oxygen atoms in total. The molecular formula is C22H26FN3OS.